The van der Waals surface area contributed by atoms with Crippen molar-refractivity contribution in [2.75, 3.05) is 0 Å². The zero-order valence-corrected chi connectivity index (χ0v) is 5.34. The molecule has 0 saturated carbocycles. The summed E-state index contributed by atoms with van der Waals surface area (Å²) in [6.07, 6.45) is 0.639. The molecule has 0 spiro atoms. The second-order valence-corrected chi connectivity index (χ2v) is 1.87. The normalized spacial score (nSPS) is 8.91. The molecule has 2 aliphatic carbocycles. The molecular formula is C7H3F2NO. The molecule has 0 aromatic carbocycles. The Morgan fingerprint density at radius 3 is 2.09 bits per heavy atom. The lowest BCUT2D eigenvalue weighted by Gasteiger charge is -2.13. The Hall–Kier alpha value is -1.54. The molecule has 0 unspecified atom stereocenters. The maximum absolute atomic E-state index is 12.0. The van der Waals surface area contributed by atoms with Crippen LogP contribution in [0.15, 0.2) is 23.4 Å². The van der Waals surface area contributed by atoms with Gasteiger partial charge in [-0.05, 0) is 11.6 Å². The van der Waals surface area contributed by atoms with Crippen molar-refractivity contribution in [3.05, 3.63) is 24.0 Å². The third kappa shape index (κ3) is 1.30. The molecule has 2 rings (SSSR count). The first-order chi connectivity index (χ1) is 5.29. The predicted octanol–water partition coefficient (Wildman–Crippen LogP) is 2.01. The van der Waals surface area contributed by atoms with Crippen LogP contribution >= 0.6 is 0 Å². The van der Waals surface area contributed by atoms with Crippen LogP contribution in [0.3, 0.4) is 0 Å². The highest BCUT2D eigenvalue weighted by atomic mass is 19.2. The van der Waals surface area contributed by atoms with E-state index in [0.29, 0.717) is 6.08 Å². The summed E-state index contributed by atoms with van der Waals surface area (Å²) in [4.78, 5) is 8.51. The highest BCUT2D eigenvalue weighted by Gasteiger charge is 2.14. The van der Waals surface area contributed by atoms with Crippen molar-refractivity contribution < 1.29 is 13.7 Å². The first kappa shape index (κ1) is 7.57. The van der Waals surface area contributed by atoms with E-state index < -0.39 is 0 Å². The Morgan fingerprint density at radius 1 is 1.45 bits per heavy atom. The van der Waals surface area contributed by atoms with Crippen molar-refractivity contribution in [2.45, 2.75) is 0 Å². The summed E-state index contributed by atoms with van der Waals surface area (Å²) in [6, 6.07) is 5.22. The van der Waals surface area contributed by atoms with Gasteiger partial charge < -0.3 is 0 Å². The second-order valence-electron chi connectivity index (χ2n) is 1.87. The third-order valence-corrected chi connectivity index (χ3v) is 1.31. The smallest absolute Gasteiger partial charge is 0.209 e. The van der Waals surface area contributed by atoms with E-state index in [1.165, 1.54) is 11.3 Å². The highest BCUT2D eigenvalue weighted by Crippen LogP contribution is 2.34. The van der Waals surface area contributed by atoms with Gasteiger partial charge in [0.1, 0.15) is 5.82 Å². The lowest BCUT2D eigenvalue weighted by Crippen LogP contribution is -1.94. The Balaban J connectivity index is 0.000000134. The molecule has 0 aromatic rings. The molecule has 0 aliphatic heterocycles. The fraction of sp³-hybridized carbons (Fsp3) is 0. The molecule has 0 N–H and O–H groups in total. The van der Waals surface area contributed by atoms with Crippen LogP contribution in [0.1, 0.15) is 0 Å². The second kappa shape index (κ2) is 3.03. The summed E-state index contributed by atoms with van der Waals surface area (Å²) >= 11 is 0. The van der Waals surface area contributed by atoms with E-state index >= 15 is 0 Å². The Kier molecular flexibility index (Phi) is 2.09. The summed E-state index contributed by atoms with van der Waals surface area (Å²) in [5.41, 5.74) is 1.87. The van der Waals surface area contributed by atoms with Gasteiger partial charge in [-0.25, -0.2) is 9.18 Å². The van der Waals surface area contributed by atoms with Crippen molar-refractivity contribution in [3.63, 3.8) is 0 Å². The van der Waals surface area contributed by atoms with E-state index in [4.69, 9.17) is 4.79 Å². The molecule has 0 heterocycles. The van der Waals surface area contributed by atoms with Gasteiger partial charge >= 0.3 is 0 Å². The predicted molar refractivity (Wildman–Crippen MR) is 34.6 cm³/mol. The minimum absolute atomic E-state index is 0.0579. The number of hydrogen-bond donors (Lipinski definition) is 0. The maximum atomic E-state index is 12.0. The SMILES string of the molecule is Fc1cc2ccc1-2.O=C=NF. The van der Waals surface area contributed by atoms with Crippen LogP contribution in [0, 0.1) is 5.82 Å². The van der Waals surface area contributed by atoms with Crippen molar-refractivity contribution in [1.82, 2.24) is 0 Å². The molecule has 0 radical (unpaired) electrons. The fourth-order valence-corrected chi connectivity index (χ4v) is 0.743. The molecule has 0 aromatic heterocycles. The van der Waals surface area contributed by atoms with E-state index in [1.54, 1.807) is 6.07 Å². The first-order valence-corrected chi connectivity index (χ1v) is 2.77. The number of isocyanates is 1. The van der Waals surface area contributed by atoms with Crippen molar-refractivity contribution in [2.24, 2.45) is 5.21 Å². The van der Waals surface area contributed by atoms with Gasteiger partial charge in [0.25, 0.3) is 6.08 Å². The number of carbonyl (C=O) groups excluding carboxylic acids is 1. The van der Waals surface area contributed by atoms with Gasteiger partial charge in [-0.2, -0.15) is 0 Å². The van der Waals surface area contributed by atoms with E-state index in [1.807, 2.05) is 6.07 Å². The van der Waals surface area contributed by atoms with E-state index in [2.05, 4.69) is 0 Å². The highest BCUT2D eigenvalue weighted by molar-refractivity contribution is 5.76. The Labute approximate surface area is 61.1 Å². The van der Waals surface area contributed by atoms with Crippen LogP contribution in [0.4, 0.5) is 8.87 Å². The summed E-state index contributed by atoms with van der Waals surface area (Å²) in [7, 11) is 0. The van der Waals surface area contributed by atoms with Gasteiger partial charge in [0.05, 0.1) is 0 Å². The van der Waals surface area contributed by atoms with Crippen molar-refractivity contribution in [1.29, 1.82) is 0 Å². The average molecular weight is 155 g/mol. The van der Waals surface area contributed by atoms with Crippen molar-refractivity contribution in [3.8, 4) is 11.1 Å². The molecule has 2 nitrogen and oxygen atoms in total. The zero-order chi connectivity index (χ0) is 8.27. The van der Waals surface area contributed by atoms with Gasteiger partial charge in [-0.1, -0.05) is 16.6 Å². The third-order valence-electron chi connectivity index (χ3n) is 1.31. The number of fused-ring (bicyclic) bond motifs is 1. The van der Waals surface area contributed by atoms with E-state index in [0.717, 1.165) is 11.1 Å². The molecule has 0 saturated heterocycles. The first-order valence-electron chi connectivity index (χ1n) is 2.77. The molecule has 2 aliphatic rings. The quantitative estimate of drug-likeness (QED) is 0.422. The largest absolute Gasteiger partial charge is 0.269 e. The molecule has 0 bridgehead atoms. The molecule has 4 heteroatoms. The summed E-state index contributed by atoms with van der Waals surface area (Å²) in [6.45, 7) is 0. The monoisotopic (exact) mass is 155 g/mol. The summed E-state index contributed by atoms with van der Waals surface area (Å²) in [5, 5.41) is 1.43. The molecule has 11 heavy (non-hydrogen) atoms. The summed E-state index contributed by atoms with van der Waals surface area (Å²) < 4.78 is 21.9. The van der Waals surface area contributed by atoms with Crippen LogP contribution in [-0.2, 0) is 4.79 Å². The molecule has 0 atom stereocenters. The van der Waals surface area contributed by atoms with Crippen LogP contribution in [0.25, 0.3) is 11.1 Å². The Bertz CT molecular complexity index is 318. The molecule has 0 fully saturated rings. The number of hydrogen-bond acceptors (Lipinski definition) is 2. The van der Waals surface area contributed by atoms with Gasteiger partial charge in [0.15, 0.2) is 0 Å². The van der Waals surface area contributed by atoms with E-state index in [-0.39, 0.29) is 5.82 Å². The maximum Gasteiger partial charge on any atom is 0.269 e. The van der Waals surface area contributed by atoms with Crippen LogP contribution in [0.2, 0.25) is 0 Å². The number of benzene rings is 1. The van der Waals surface area contributed by atoms with Gasteiger partial charge in [0, 0.05) is 10.8 Å². The van der Waals surface area contributed by atoms with Gasteiger partial charge in [0.2, 0.25) is 0 Å². The summed E-state index contributed by atoms with van der Waals surface area (Å²) in [5.74, 6) is -0.0579. The standard InChI is InChI=1S/C6H3F.CFNO/c7-6-3-4-1-2-5(4)6;2-3-1-4/h1-3H;. The number of rotatable bonds is 0. The topological polar surface area (TPSA) is 29.4 Å². The Morgan fingerprint density at radius 2 is 2.09 bits per heavy atom. The van der Waals surface area contributed by atoms with Crippen LogP contribution in [0.5, 0.6) is 0 Å². The number of halogens is 2. The van der Waals surface area contributed by atoms with Crippen LogP contribution in [-0.4, -0.2) is 6.08 Å². The van der Waals surface area contributed by atoms with Gasteiger partial charge in [-0.3, -0.25) is 0 Å². The molecule has 0 amide bonds. The molecular weight excluding hydrogens is 152 g/mol. The van der Waals surface area contributed by atoms with E-state index in [9.17, 15) is 8.87 Å². The molecule has 56 valence electrons. The fourth-order valence-electron chi connectivity index (χ4n) is 0.743. The van der Waals surface area contributed by atoms with Crippen molar-refractivity contribution >= 4 is 6.08 Å². The minimum atomic E-state index is -0.0579. The number of nitrogens with zero attached hydrogens (tertiary/aromatic N) is 1. The van der Waals surface area contributed by atoms with Gasteiger partial charge in [-0.15, -0.1) is 0 Å². The van der Waals surface area contributed by atoms with Crippen LogP contribution < -0.4 is 0 Å². The lowest BCUT2D eigenvalue weighted by molar-refractivity contribution is 0.501. The minimum Gasteiger partial charge on any atom is -0.209 e. The average Bonchev–Trinajstić information content (AvgIpc) is 2.00. The lowest BCUT2D eigenvalue weighted by atomic mass is 9.93. The zero-order valence-electron chi connectivity index (χ0n) is 5.34.